The van der Waals surface area contributed by atoms with Crippen LogP contribution in [0.4, 0.5) is 5.69 Å². The summed E-state index contributed by atoms with van der Waals surface area (Å²) >= 11 is 2.23. The van der Waals surface area contributed by atoms with E-state index in [1.165, 1.54) is 0 Å². The number of nitrogens with one attached hydrogen (secondary N) is 2. The van der Waals surface area contributed by atoms with Gasteiger partial charge in [0.2, 0.25) is 5.91 Å². The summed E-state index contributed by atoms with van der Waals surface area (Å²) in [5, 5.41) is 6.16. The van der Waals surface area contributed by atoms with E-state index < -0.39 is 0 Å². The van der Waals surface area contributed by atoms with Crippen molar-refractivity contribution in [2.75, 3.05) is 18.4 Å². The number of anilines is 1. The summed E-state index contributed by atoms with van der Waals surface area (Å²) in [4.78, 5) is 11.8. The zero-order valence-electron chi connectivity index (χ0n) is 8.29. The van der Waals surface area contributed by atoms with Crippen molar-refractivity contribution in [1.82, 2.24) is 5.32 Å². The molecule has 1 aromatic carbocycles. The quantitative estimate of drug-likeness (QED) is 0.818. The van der Waals surface area contributed by atoms with Gasteiger partial charge in [-0.3, -0.25) is 4.79 Å². The maximum absolute atomic E-state index is 11.8. The maximum atomic E-state index is 11.8. The van der Waals surface area contributed by atoms with E-state index in [1.807, 2.05) is 24.3 Å². The molecular formula is C11H13IN2O. The summed E-state index contributed by atoms with van der Waals surface area (Å²) in [5.74, 6) is 0.255. The van der Waals surface area contributed by atoms with Crippen LogP contribution in [0.25, 0.3) is 0 Å². The second-order valence-electron chi connectivity index (χ2n) is 3.66. The Labute approximate surface area is 103 Å². The molecule has 1 atom stereocenters. The first-order valence-electron chi connectivity index (χ1n) is 5.03. The summed E-state index contributed by atoms with van der Waals surface area (Å²) in [7, 11) is 0. The Bertz CT molecular complexity index is 361. The van der Waals surface area contributed by atoms with E-state index in [9.17, 15) is 4.79 Å². The molecule has 0 saturated carbocycles. The molecule has 2 rings (SSSR count). The third-order valence-corrected chi connectivity index (χ3v) is 3.50. The number of hydrogen-bond donors (Lipinski definition) is 2. The van der Waals surface area contributed by atoms with E-state index >= 15 is 0 Å². The molecular weight excluding hydrogens is 303 g/mol. The highest BCUT2D eigenvalue weighted by Gasteiger charge is 2.22. The van der Waals surface area contributed by atoms with Crippen LogP contribution in [0.15, 0.2) is 24.3 Å². The van der Waals surface area contributed by atoms with Crippen LogP contribution < -0.4 is 10.6 Å². The fourth-order valence-corrected chi connectivity index (χ4v) is 2.20. The Kier molecular flexibility index (Phi) is 3.58. The Morgan fingerprint density at radius 1 is 1.47 bits per heavy atom. The number of para-hydroxylation sites is 1. The monoisotopic (exact) mass is 316 g/mol. The lowest BCUT2D eigenvalue weighted by Crippen LogP contribution is -2.24. The molecule has 4 heteroatoms. The lowest BCUT2D eigenvalue weighted by Gasteiger charge is -2.10. The fraction of sp³-hybridized carbons (Fsp3) is 0.364. The van der Waals surface area contributed by atoms with Gasteiger partial charge in [0.1, 0.15) is 0 Å². The van der Waals surface area contributed by atoms with Crippen molar-refractivity contribution in [2.24, 2.45) is 5.92 Å². The number of halogens is 1. The average molecular weight is 316 g/mol. The highest BCUT2D eigenvalue weighted by atomic mass is 127. The highest BCUT2D eigenvalue weighted by molar-refractivity contribution is 14.1. The number of hydrogen-bond acceptors (Lipinski definition) is 2. The lowest BCUT2D eigenvalue weighted by molar-refractivity contribution is -0.119. The first-order valence-corrected chi connectivity index (χ1v) is 6.11. The van der Waals surface area contributed by atoms with E-state index in [0.29, 0.717) is 0 Å². The van der Waals surface area contributed by atoms with Gasteiger partial charge >= 0.3 is 0 Å². The molecule has 3 nitrogen and oxygen atoms in total. The molecule has 1 aliphatic rings. The Morgan fingerprint density at radius 2 is 2.27 bits per heavy atom. The van der Waals surface area contributed by atoms with Gasteiger partial charge in [0.05, 0.1) is 11.6 Å². The van der Waals surface area contributed by atoms with Gasteiger partial charge in [-0.25, -0.2) is 0 Å². The van der Waals surface area contributed by atoms with Crippen LogP contribution in [0.1, 0.15) is 6.42 Å². The van der Waals surface area contributed by atoms with E-state index in [0.717, 1.165) is 28.8 Å². The van der Waals surface area contributed by atoms with E-state index in [2.05, 4.69) is 33.2 Å². The third kappa shape index (κ3) is 2.69. The summed E-state index contributed by atoms with van der Waals surface area (Å²) in [6.07, 6.45) is 0.940. The van der Waals surface area contributed by atoms with Gasteiger partial charge in [-0.2, -0.15) is 0 Å². The summed E-state index contributed by atoms with van der Waals surface area (Å²) in [6, 6.07) is 7.82. The minimum Gasteiger partial charge on any atom is -0.325 e. The normalized spacial score (nSPS) is 20.2. The van der Waals surface area contributed by atoms with Gasteiger partial charge in [-0.1, -0.05) is 12.1 Å². The van der Waals surface area contributed by atoms with Crippen molar-refractivity contribution < 1.29 is 4.79 Å². The van der Waals surface area contributed by atoms with Crippen molar-refractivity contribution in [2.45, 2.75) is 6.42 Å². The minimum atomic E-state index is 0.126. The molecule has 1 unspecified atom stereocenters. The molecule has 15 heavy (non-hydrogen) atoms. The lowest BCUT2D eigenvalue weighted by atomic mass is 10.1. The second kappa shape index (κ2) is 4.94. The number of carbonyl (C=O) groups is 1. The first kappa shape index (κ1) is 10.9. The first-order chi connectivity index (χ1) is 7.27. The molecule has 1 amide bonds. The molecule has 0 radical (unpaired) electrons. The van der Waals surface area contributed by atoms with Crippen molar-refractivity contribution in [3.63, 3.8) is 0 Å². The Morgan fingerprint density at radius 3 is 2.93 bits per heavy atom. The molecule has 2 N–H and O–H groups in total. The van der Waals surface area contributed by atoms with Crippen LogP contribution >= 0.6 is 22.6 Å². The molecule has 1 saturated heterocycles. The molecule has 1 fully saturated rings. The van der Waals surface area contributed by atoms with Crippen LogP contribution in [0.2, 0.25) is 0 Å². The molecule has 0 bridgehead atoms. The topological polar surface area (TPSA) is 41.1 Å². The zero-order chi connectivity index (χ0) is 10.7. The SMILES string of the molecule is O=C(Nc1ccccc1I)C1CCNC1. The van der Waals surface area contributed by atoms with E-state index in [1.54, 1.807) is 0 Å². The smallest absolute Gasteiger partial charge is 0.228 e. The summed E-state index contributed by atoms with van der Waals surface area (Å²) in [5.41, 5.74) is 0.912. The molecule has 1 heterocycles. The van der Waals surface area contributed by atoms with Gasteiger partial charge < -0.3 is 10.6 Å². The second-order valence-corrected chi connectivity index (χ2v) is 4.82. The number of carbonyl (C=O) groups excluding carboxylic acids is 1. The van der Waals surface area contributed by atoms with Gasteiger partial charge in [-0.15, -0.1) is 0 Å². The van der Waals surface area contributed by atoms with Gasteiger partial charge in [0.15, 0.2) is 0 Å². The predicted octanol–water partition coefficient (Wildman–Crippen LogP) is 1.84. The van der Waals surface area contributed by atoms with Crippen LogP contribution in [0.3, 0.4) is 0 Å². The number of rotatable bonds is 2. The van der Waals surface area contributed by atoms with Gasteiger partial charge in [0.25, 0.3) is 0 Å². The third-order valence-electron chi connectivity index (χ3n) is 2.56. The van der Waals surface area contributed by atoms with Gasteiger partial charge in [-0.05, 0) is 47.7 Å². The van der Waals surface area contributed by atoms with E-state index in [-0.39, 0.29) is 11.8 Å². The van der Waals surface area contributed by atoms with Crippen LogP contribution in [0, 0.1) is 9.49 Å². The largest absolute Gasteiger partial charge is 0.325 e. The summed E-state index contributed by atoms with van der Waals surface area (Å²) < 4.78 is 1.08. The zero-order valence-corrected chi connectivity index (χ0v) is 10.5. The summed E-state index contributed by atoms with van der Waals surface area (Å²) in [6.45, 7) is 1.75. The maximum Gasteiger partial charge on any atom is 0.228 e. The van der Waals surface area contributed by atoms with Crippen molar-refractivity contribution in [3.8, 4) is 0 Å². The van der Waals surface area contributed by atoms with Crippen molar-refractivity contribution in [3.05, 3.63) is 27.8 Å². The number of amides is 1. The molecule has 1 aromatic rings. The molecule has 80 valence electrons. The van der Waals surface area contributed by atoms with Crippen LogP contribution in [-0.4, -0.2) is 19.0 Å². The van der Waals surface area contributed by atoms with Crippen LogP contribution in [-0.2, 0) is 4.79 Å². The fourth-order valence-electron chi connectivity index (χ4n) is 1.68. The minimum absolute atomic E-state index is 0.126. The Hall–Kier alpha value is -0.620. The Balaban J connectivity index is 2.02. The molecule has 0 spiro atoms. The molecule has 0 aliphatic carbocycles. The van der Waals surface area contributed by atoms with Crippen LogP contribution in [0.5, 0.6) is 0 Å². The van der Waals surface area contributed by atoms with Gasteiger partial charge in [0, 0.05) is 10.1 Å². The standard InChI is InChI=1S/C11H13IN2O/c12-9-3-1-2-4-10(9)14-11(15)8-5-6-13-7-8/h1-4,8,13H,5-7H2,(H,14,15). The highest BCUT2D eigenvalue weighted by Crippen LogP contribution is 2.19. The predicted molar refractivity (Wildman–Crippen MR) is 68.8 cm³/mol. The molecule has 0 aromatic heterocycles. The van der Waals surface area contributed by atoms with E-state index in [4.69, 9.17) is 0 Å². The van der Waals surface area contributed by atoms with Crippen molar-refractivity contribution in [1.29, 1.82) is 0 Å². The molecule has 1 aliphatic heterocycles. The number of benzene rings is 1. The van der Waals surface area contributed by atoms with Crippen molar-refractivity contribution >= 4 is 34.2 Å². The average Bonchev–Trinajstić information content (AvgIpc) is 2.74.